The number of benzene rings is 1. The lowest BCUT2D eigenvalue weighted by atomic mass is 10.1. The molecule has 0 unspecified atom stereocenters. The lowest BCUT2D eigenvalue weighted by molar-refractivity contribution is -0.131. The second-order valence-electron chi connectivity index (χ2n) is 4.66. The Balaban J connectivity index is 2.14. The Morgan fingerprint density at radius 1 is 1.05 bits per heavy atom. The van der Waals surface area contributed by atoms with E-state index >= 15 is 0 Å². The van der Waals surface area contributed by atoms with Crippen molar-refractivity contribution in [2.24, 2.45) is 0 Å². The Labute approximate surface area is 115 Å². The number of carbonyl (C=O) groups excluding carboxylic acids is 1. The third-order valence-electron chi connectivity index (χ3n) is 2.83. The second kappa shape index (κ2) is 9.56. The number of hydrogen-bond acceptors (Lipinski definition) is 3. The number of aryl methyl sites for hydroxylation is 1. The van der Waals surface area contributed by atoms with Crippen LogP contribution >= 0.6 is 0 Å². The fourth-order valence-electron chi connectivity index (χ4n) is 1.82. The van der Waals surface area contributed by atoms with Crippen LogP contribution in [0.15, 0.2) is 24.3 Å². The van der Waals surface area contributed by atoms with E-state index < -0.39 is 0 Å². The average molecular weight is 264 g/mol. The first-order valence-corrected chi connectivity index (χ1v) is 7.07. The zero-order valence-corrected chi connectivity index (χ0v) is 12.0. The molecule has 0 bridgehead atoms. The first kappa shape index (κ1) is 15.7. The largest absolute Gasteiger partial charge is 0.427 e. The summed E-state index contributed by atoms with van der Waals surface area (Å²) in [7, 11) is 0. The molecule has 106 valence electrons. The van der Waals surface area contributed by atoms with E-state index in [1.54, 1.807) is 0 Å². The standard InChI is InChI=1S/C16H24O3/c1-3-4-5-12-18-13-6-7-15-8-10-16(11-9-15)19-14(2)17/h8-11H,3-7,12-13H2,1-2H3. The van der Waals surface area contributed by atoms with E-state index in [0.29, 0.717) is 5.75 Å². The summed E-state index contributed by atoms with van der Waals surface area (Å²) in [5.41, 5.74) is 1.24. The summed E-state index contributed by atoms with van der Waals surface area (Å²) in [6.07, 6.45) is 5.66. The van der Waals surface area contributed by atoms with Gasteiger partial charge in [0.25, 0.3) is 0 Å². The summed E-state index contributed by atoms with van der Waals surface area (Å²) in [6.45, 7) is 5.29. The van der Waals surface area contributed by atoms with Crippen LogP contribution in [0.2, 0.25) is 0 Å². The molecule has 0 radical (unpaired) electrons. The molecule has 3 heteroatoms. The number of rotatable bonds is 9. The Hall–Kier alpha value is -1.35. The Morgan fingerprint density at radius 3 is 2.37 bits per heavy atom. The number of hydrogen-bond donors (Lipinski definition) is 0. The van der Waals surface area contributed by atoms with Crippen molar-refractivity contribution in [2.45, 2.75) is 46.0 Å². The molecule has 0 fully saturated rings. The molecule has 1 rings (SSSR count). The highest BCUT2D eigenvalue weighted by Gasteiger charge is 1.98. The van der Waals surface area contributed by atoms with Gasteiger partial charge in [0, 0.05) is 20.1 Å². The molecule has 1 aromatic rings. The van der Waals surface area contributed by atoms with Gasteiger partial charge < -0.3 is 9.47 Å². The van der Waals surface area contributed by atoms with Gasteiger partial charge in [-0.3, -0.25) is 4.79 Å². The summed E-state index contributed by atoms with van der Waals surface area (Å²) < 4.78 is 10.6. The molecule has 0 aliphatic rings. The Kier molecular flexibility index (Phi) is 7.91. The number of esters is 1. The quantitative estimate of drug-likeness (QED) is 0.387. The van der Waals surface area contributed by atoms with Gasteiger partial charge >= 0.3 is 5.97 Å². The van der Waals surface area contributed by atoms with Crippen LogP contribution < -0.4 is 4.74 Å². The van der Waals surface area contributed by atoms with Crippen molar-refractivity contribution >= 4 is 5.97 Å². The smallest absolute Gasteiger partial charge is 0.308 e. The maximum Gasteiger partial charge on any atom is 0.308 e. The highest BCUT2D eigenvalue weighted by molar-refractivity contribution is 5.69. The van der Waals surface area contributed by atoms with Gasteiger partial charge in [-0.05, 0) is 37.0 Å². The summed E-state index contributed by atoms with van der Waals surface area (Å²) in [6, 6.07) is 7.66. The lowest BCUT2D eigenvalue weighted by Crippen LogP contribution is -2.01. The average Bonchev–Trinajstić information content (AvgIpc) is 2.39. The summed E-state index contributed by atoms with van der Waals surface area (Å²) in [4.78, 5) is 10.8. The molecule has 0 atom stereocenters. The predicted octanol–water partition coefficient (Wildman–Crippen LogP) is 3.75. The van der Waals surface area contributed by atoms with Crippen molar-refractivity contribution in [2.75, 3.05) is 13.2 Å². The number of unbranched alkanes of at least 4 members (excludes halogenated alkanes) is 2. The van der Waals surface area contributed by atoms with Crippen LogP contribution in [0.3, 0.4) is 0 Å². The van der Waals surface area contributed by atoms with Crippen LogP contribution in [0, 0.1) is 0 Å². The summed E-state index contributed by atoms with van der Waals surface area (Å²) in [5, 5.41) is 0. The number of ether oxygens (including phenoxy) is 2. The molecule has 0 heterocycles. The number of carbonyl (C=O) groups is 1. The zero-order valence-electron chi connectivity index (χ0n) is 12.0. The van der Waals surface area contributed by atoms with Crippen LogP contribution in [-0.2, 0) is 16.0 Å². The molecule has 0 amide bonds. The van der Waals surface area contributed by atoms with Crippen molar-refractivity contribution in [3.05, 3.63) is 29.8 Å². The van der Waals surface area contributed by atoms with Gasteiger partial charge in [-0.15, -0.1) is 0 Å². The minimum Gasteiger partial charge on any atom is -0.427 e. The van der Waals surface area contributed by atoms with Gasteiger partial charge in [-0.25, -0.2) is 0 Å². The van der Waals surface area contributed by atoms with E-state index in [-0.39, 0.29) is 5.97 Å². The van der Waals surface area contributed by atoms with E-state index in [1.165, 1.54) is 25.3 Å². The maximum absolute atomic E-state index is 10.8. The molecule has 0 spiro atoms. The van der Waals surface area contributed by atoms with Gasteiger partial charge in [0.15, 0.2) is 0 Å². The molecule has 1 aromatic carbocycles. The molecule has 0 aromatic heterocycles. The molecule has 0 aliphatic heterocycles. The van der Waals surface area contributed by atoms with Crippen molar-refractivity contribution in [1.29, 1.82) is 0 Å². The van der Waals surface area contributed by atoms with Crippen LogP contribution in [0.5, 0.6) is 5.75 Å². The molecule has 0 N–H and O–H groups in total. The van der Waals surface area contributed by atoms with E-state index in [2.05, 4.69) is 6.92 Å². The third kappa shape index (κ3) is 7.62. The fraction of sp³-hybridized carbons (Fsp3) is 0.562. The topological polar surface area (TPSA) is 35.5 Å². The lowest BCUT2D eigenvalue weighted by Gasteiger charge is -2.05. The first-order valence-electron chi connectivity index (χ1n) is 7.07. The highest BCUT2D eigenvalue weighted by atomic mass is 16.5. The normalized spacial score (nSPS) is 10.4. The van der Waals surface area contributed by atoms with Crippen molar-refractivity contribution in [3.8, 4) is 5.75 Å². The van der Waals surface area contributed by atoms with Gasteiger partial charge in [-0.1, -0.05) is 31.9 Å². The highest BCUT2D eigenvalue weighted by Crippen LogP contribution is 2.13. The third-order valence-corrected chi connectivity index (χ3v) is 2.83. The SMILES string of the molecule is CCCCCOCCCc1ccc(OC(C)=O)cc1. The van der Waals surface area contributed by atoms with Crippen LogP contribution in [0.1, 0.15) is 45.1 Å². The Morgan fingerprint density at radius 2 is 1.74 bits per heavy atom. The summed E-state index contributed by atoms with van der Waals surface area (Å²) in [5.74, 6) is 0.320. The Bertz CT molecular complexity index is 357. The van der Waals surface area contributed by atoms with Crippen molar-refractivity contribution in [1.82, 2.24) is 0 Å². The second-order valence-corrected chi connectivity index (χ2v) is 4.66. The van der Waals surface area contributed by atoms with Crippen molar-refractivity contribution in [3.63, 3.8) is 0 Å². The van der Waals surface area contributed by atoms with E-state index in [9.17, 15) is 4.79 Å². The van der Waals surface area contributed by atoms with Crippen LogP contribution in [0.25, 0.3) is 0 Å². The van der Waals surface area contributed by atoms with Crippen LogP contribution in [0.4, 0.5) is 0 Å². The molecule has 0 saturated carbocycles. The molecule has 19 heavy (non-hydrogen) atoms. The first-order chi connectivity index (χ1) is 9.22. The minimum atomic E-state index is -0.284. The minimum absolute atomic E-state index is 0.284. The van der Waals surface area contributed by atoms with E-state index in [0.717, 1.165) is 32.5 Å². The zero-order chi connectivity index (χ0) is 13.9. The van der Waals surface area contributed by atoms with Gasteiger partial charge in [-0.2, -0.15) is 0 Å². The summed E-state index contributed by atoms with van der Waals surface area (Å²) >= 11 is 0. The molecule has 3 nitrogen and oxygen atoms in total. The van der Waals surface area contributed by atoms with E-state index in [1.807, 2.05) is 24.3 Å². The molecule has 0 saturated heterocycles. The fourth-order valence-corrected chi connectivity index (χ4v) is 1.82. The molecular formula is C16H24O3. The van der Waals surface area contributed by atoms with E-state index in [4.69, 9.17) is 9.47 Å². The van der Waals surface area contributed by atoms with Gasteiger partial charge in [0.2, 0.25) is 0 Å². The van der Waals surface area contributed by atoms with Crippen molar-refractivity contribution < 1.29 is 14.3 Å². The monoisotopic (exact) mass is 264 g/mol. The molecule has 0 aliphatic carbocycles. The van der Waals surface area contributed by atoms with Crippen LogP contribution in [-0.4, -0.2) is 19.2 Å². The predicted molar refractivity (Wildman–Crippen MR) is 76.4 cm³/mol. The maximum atomic E-state index is 10.8. The van der Waals surface area contributed by atoms with Gasteiger partial charge in [0.1, 0.15) is 5.75 Å². The van der Waals surface area contributed by atoms with Gasteiger partial charge in [0.05, 0.1) is 0 Å². The molecular weight excluding hydrogens is 240 g/mol.